The molecule has 2 rings (SSSR count). The Morgan fingerprint density at radius 3 is 2.47 bits per heavy atom. The van der Waals surface area contributed by atoms with Crippen LogP contribution in [0.4, 0.5) is 5.69 Å². The highest BCUT2D eigenvalue weighted by Crippen LogP contribution is 2.50. The summed E-state index contributed by atoms with van der Waals surface area (Å²) in [4.78, 5) is 0. The van der Waals surface area contributed by atoms with Gasteiger partial charge in [0, 0.05) is 11.0 Å². The first kappa shape index (κ1) is 12.3. The van der Waals surface area contributed by atoms with Crippen molar-refractivity contribution in [2.24, 2.45) is 0 Å². The fourth-order valence-corrected chi connectivity index (χ4v) is 3.19. The third kappa shape index (κ3) is 1.90. The van der Waals surface area contributed by atoms with Crippen molar-refractivity contribution in [3.05, 3.63) is 23.8 Å². The van der Waals surface area contributed by atoms with Gasteiger partial charge in [0.25, 0.3) is 0 Å². The molecule has 2 N–H and O–H groups in total. The van der Waals surface area contributed by atoms with Gasteiger partial charge in [0.05, 0.1) is 5.69 Å². The van der Waals surface area contributed by atoms with Crippen LogP contribution in [0.2, 0.25) is 0 Å². The minimum absolute atomic E-state index is 0.130. The van der Waals surface area contributed by atoms with E-state index in [9.17, 15) is 0 Å². The minimum Gasteiger partial charge on any atom is -0.485 e. The molecule has 94 valence electrons. The molecule has 17 heavy (non-hydrogen) atoms. The molecule has 0 fully saturated rings. The number of benzene rings is 1. The second-order valence-corrected chi connectivity index (χ2v) is 5.75. The quantitative estimate of drug-likeness (QED) is 0.787. The van der Waals surface area contributed by atoms with Gasteiger partial charge in [-0.25, -0.2) is 0 Å². The number of hydrogen-bond acceptors (Lipinski definition) is 2. The molecular weight excluding hydrogens is 210 g/mol. The molecule has 1 aromatic rings. The maximum Gasteiger partial charge on any atom is 0.146 e. The number of fused-ring (bicyclic) bond motifs is 1. The second-order valence-electron chi connectivity index (χ2n) is 5.75. The number of hydrogen-bond donors (Lipinski definition) is 1. The van der Waals surface area contributed by atoms with E-state index in [1.54, 1.807) is 0 Å². The Bertz CT molecular complexity index is 419. The molecule has 1 aliphatic heterocycles. The predicted molar refractivity (Wildman–Crippen MR) is 72.4 cm³/mol. The van der Waals surface area contributed by atoms with Crippen LogP contribution in [-0.4, -0.2) is 5.60 Å². The number of rotatable bonds is 2. The lowest BCUT2D eigenvalue weighted by molar-refractivity contribution is 0.0417. The summed E-state index contributed by atoms with van der Waals surface area (Å²) in [6.07, 6.45) is 3.32. The van der Waals surface area contributed by atoms with Crippen molar-refractivity contribution < 1.29 is 4.74 Å². The third-order valence-electron chi connectivity index (χ3n) is 4.11. The van der Waals surface area contributed by atoms with Crippen LogP contribution >= 0.6 is 0 Å². The van der Waals surface area contributed by atoms with E-state index in [-0.39, 0.29) is 11.0 Å². The van der Waals surface area contributed by atoms with Gasteiger partial charge in [0.15, 0.2) is 0 Å². The highest BCUT2D eigenvalue weighted by molar-refractivity contribution is 5.60. The third-order valence-corrected chi connectivity index (χ3v) is 4.11. The average molecular weight is 233 g/mol. The summed E-state index contributed by atoms with van der Waals surface area (Å²) in [6, 6.07) is 6.14. The molecule has 0 aliphatic carbocycles. The monoisotopic (exact) mass is 233 g/mol. The number of ether oxygens (including phenoxy) is 1. The normalized spacial score (nSPS) is 20.5. The number of nitrogen functional groups attached to an aromatic ring is 1. The summed E-state index contributed by atoms with van der Waals surface area (Å²) < 4.78 is 6.08. The van der Waals surface area contributed by atoms with Gasteiger partial charge in [-0.3, -0.25) is 0 Å². The van der Waals surface area contributed by atoms with Gasteiger partial charge >= 0.3 is 0 Å². The zero-order valence-corrected chi connectivity index (χ0v) is 11.3. The Hall–Kier alpha value is -1.18. The highest BCUT2D eigenvalue weighted by atomic mass is 16.5. The smallest absolute Gasteiger partial charge is 0.146 e. The van der Waals surface area contributed by atoms with Crippen LogP contribution in [0.25, 0.3) is 0 Å². The molecule has 0 unspecified atom stereocenters. The predicted octanol–water partition coefficient (Wildman–Crippen LogP) is 3.89. The van der Waals surface area contributed by atoms with Gasteiger partial charge in [-0.15, -0.1) is 0 Å². The van der Waals surface area contributed by atoms with Crippen LogP contribution < -0.4 is 10.5 Å². The van der Waals surface area contributed by atoms with Gasteiger partial charge in [0.2, 0.25) is 0 Å². The Morgan fingerprint density at radius 2 is 1.88 bits per heavy atom. The first-order chi connectivity index (χ1) is 7.94. The topological polar surface area (TPSA) is 35.2 Å². The second kappa shape index (κ2) is 3.94. The Labute approximate surface area is 104 Å². The van der Waals surface area contributed by atoms with Crippen LogP contribution in [-0.2, 0) is 5.41 Å². The van der Waals surface area contributed by atoms with Crippen molar-refractivity contribution in [3.63, 3.8) is 0 Å². The van der Waals surface area contributed by atoms with E-state index in [4.69, 9.17) is 10.5 Å². The molecule has 0 atom stereocenters. The largest absolute Gasteiger partial charge is 0.485 e. The lowest BCUT2D eigenvalue weighted by Gasteiger charge is -2.46. The summed E-state index contributed by atoms with van der Waals surface area (Å²) in [5, 5.41) is 0. The molecule has 0 radical (unpaired) electrons. The molecule has 0 saturated carbocycles. The molecule has 0 saturated heterocycles. The van der Waals surface area contributed by atoms with Crippen molar-refractivity contribution >= 4 is 5.69 Å². The summed E-state index contributed by atoms with van der Waals surface area (Å²) in [6.45, 7) is 8.83. The van der Waals surface area contributed by atoms with E-state index in [0.29, 0.717) is 0 Å². The molecule has 0 amide bonds. The van der Waals surface area contributed by atoms with Crippen LogP contribution in [0.3, 0.4) is 0 Å². The van der Waals surface area contributed by atoms with Gasteiger partial charge < -0.3 is 10.5 Å². The maximum absolute atomic E-state index is 6.08. The molecule has 0 bridgehead atoms. The lowest BCUT2D eigenvalue weighted by atomic mass is 9.67. The standard InChI is InChI=1S/C15H23NO/c1-5-15(6-2)10-14(3,4)17-13-11(15)8-7-9-12(13)16/h7-9H,5-6,10,16H2,1-4H3. The molecule has 1 aliphatic rings. The van der Waals surface area contributed by atoms with E-state index in [2.05, 4.69) is 33.8 Å². The molecule has 2 nitrogen and oxygen atoms in total. The molecule has 1 heterocycles. The van der Waals surface area contributed by atoms with Crippen molar-refractivity contribution in [2.75, 3.05) is 5.73 Å². The number of anilines is 1. The van der Waals surface area contributed by atoms with Crippen LogP contribution in [0.15, 0.2) is 18.2 Å². The fraction of sp³-hybridized carbons (Fsp3) is 0.600. The number of para-hydroxylation sites is 1. The van der Waals surface area contributed by atoms with Gasteiger partial charge in [-0.1, -0.05) is 26.0 Å². The summed E-state index contributed by atoms with van der Waals surface area (Å²) >= 11 is 0. The molecule has 1 aromatic carbocycles. The van der Waals surface area contributed by atoms with Gasteiger partial charge in [-0.2, -0.15) is 0 Å². The van der Waals surface area contributed by atoms with E-state index in [1.165, 1.54) is 5.56 Å². The Kier molecular flexibility index (Phi) is 2.84. The van der Waals surface area contributed by atoms with Gasteiger partial charge in [0.1, 0.15) is 11.4 Å². The Balaban J connectivity index is 2.62. The molecule has 2 heteroatoms. The lowest BCUT2D eigenvalue weighted by Crippen LogP contribution is -2.44. The van der Waals surface area contributed by atoms with Crippen molar-refractivity contribution in [2.45, 2.75) is 58.0 Å². The van der Waals surface area contributed by atoms with Gasteiger partial charge in [-0.05, 0) is 39.2 Å². The molecule has 0 spiro atoms. The zero-order valence-electron chi connectivity index (χ0n) is 11.3. The molecule has 0 aromatic heterocycles. The highest BCUT2D eigenvalue weighted by Gasteiger charge is 2.43. The van der Waals surface area contributed by atoms with Crippen molar-refractivity contribution in [1.29, 1.82) is 0 Å². The maximum atomic E-state index is 6.08. The average Bonchev–Trinajstić information content (AvgIpc) is 2.28. The van der Waals surface area contributed by atoms with E-state index in [1.807, 2.05) is 12.1 Å². The zero-order chi connectivity index (χ0) is 12.7. The summed E-state index contributed by atoms with van der Waals surface area (Å²) in [5.41, 5.74) is 8.21. The van der Waals surface area contributed by atoms with Crippen LogP contribution in [0, 0.1) is 0 Å². The van der Waals surface area contributed by atoms with E-state index < -0.39 is 0 Å². The summed E-state index contributed by atoms with van der Waals surface area (Å²) in [5.74, 6) is 0.910. The van der Waals surface area contributed by atoms with Crippen molar-refractivity contribution in [3.8, 4) is 5.75 Å². The van der Waals surface area contributed by atoms with E-state index >= 15 is 0 Å². The van der Waals surface area contributed by atoms with Crippen molar-refractivity contribution in [1.82, 2.24) is 0 Å². The van der Waals surface area contributed by atoms with Crippen LogP contribution in [0.1, 0.15) is 52.5 Å². The first-order valence-corrected chi connectivity index (χ1v) is 6.52. The Morgan fingerprint density at radius 1 is 1.24 bits per heavy atom. The molecular formula is C15H23NO. The SMILES string of the molecule is CCC1(CC)CC(C)(C)Oc2c(N)cccc21. The summed E-state index contributed by atoms with van der Waals surface area (Å²) in [7, 11) is 0. The number of nitrogens with two attached hydrogens (primary N) is 1. The fourth-order valence-electron chi connectivity index (χ4n) is 3.19. The minimum atomic E-state index is -0.130. The van der Waals surface area contributed by atoms with E-state index in [0.717, 1.165) is 30.7 Å². The first-order valence-electron chi connectivity index (χ1n) is 6.52. The van der Waals surface area contributed by atoms with Crippen LogP contribution in [0.5, 0.6) is 5.75 Å².